The average Bonchev–Trinajstić information content (AvgIpc) is 2.37. The van der Waals surface area contributed by atoms with Gasteiger partial charge in [-0.25, -0.2) is 20.2 Å². The van der Waals surface area contributed by atoms with Crippen LogP contribution in [0.25, 0.3) is 11.3 Å². The van der Waals surface area contributed by atoms with E-state index in [0.717, 1.165) is 0 Å². The van der Waals surface area contributed by atoms with Crippen LogP contribution < -0.4 is 17.0 Å². The van der Waals surface area contributed by atoms with Crippen molar-refractivity contribution >= 4 is 11.9 Å². The van der Waals surface area contributed by atoms with Crippen LogP contribution in [0.15, 0.2) is 24.3 Å². The van der Waals surface area contributed by atoms with Crippen molar-refractivity contribution in [3.8, 4) is 11.3 Å². The van der Waals surface area contributed by atoms with Crippen LogP contribution in [0.3, 0.4) is 0 Å². The number of hydrogen-bond acceptors (Lipinski definition) is 5. The maximum Gasteiger partial charge on any atom is 0.269 e. The minimum atomic E-state index is -0.601. The summed E-state index contributed by atoms with van der Waals surface area (Å²) in [6.07, 6.45) is 0. The smallest absolute Gasteiger partial charge is 0.269 e. The summed E-state index contributed by atoms with van der Waals surface area (Å²) in [4.78, 5) is 19.6. The summed E-state index contributed by atoms with van der Waals surface area (Å²) < 4.78 is 13.8. The van der Waals surface area contributed by atoms with Gasteiger partial charge in [-0.3, -0.25) is 10.2 Å². The molecule has 1 amide bonds. The molecule has 0 radical (unpaired) electrons. The van der Waals surface area contributed by atoms with Crippen molar-refractivity contribution in [3.63, 3.8) is 0 Å². The van der Waals surface area contributed by atoms with Crippen LogP contribution in [0.2, 0.25) is 0 Å². The molecule has 2 rings (SSSR count). The zero-order valence-corrected chi connectivity index (χ0v) is 10.1. The number of aromatic nitrogens is 2. The van der Waals surface area contributed by atoms with Gasteiger partial charge in [-0.1, -0.05) is 12.1 Å². The van der Waals surface area contributed by atoms with Gasteiger partial charge in [0, 0.05) is 5.56 Å². The number of benzene rings is 1. The molecule has 98 valence electrons. The van der Waals surface area contributed by atoms with E-state index in [1.165, 1.54) is 12.1 Å². The van der Waals surface area contributed by atoms with Crippen molar-refractivity contribution in [2.24, 2.45) is 5.84 Å². The lowest BCUT2D eigenvalue weighted by Crippen LogP contribution is -2.31. The molecule has 7 heteroatoms. The van der Waals surface area contributed by atoms with Crippen molar-refractivity contribution in [1.82, 2.24) is 15.4 Å². The molecule has 0 aliphatic rings. The second-order valence-corrected chi connectivity index (χ2v) is 3.84. The van der Waals surface area contributed by atoms with Crippen molar-refractivity contribution in [2.75, 3.05) is 5.73 Å². The Hall–Kier alpha value is -2.54. The number of aryl methyl sites for hydroxylation is 1. The molecule has 0 spiro atoms. The van der Waals surface area contributed by atoms with E-state index in [2.05, 4.69) is 9.97 Å². The second kappa shape index (κ2) is 4.99. The molecule has 0 bridgehead atoms. The number of amides is 1. The predicted octanol–water partition coefficient (Wildman–Crippen LogP) is 0.777. The van der Waals surface area contributed by atoms with Crippen molar-refractivity contribution in [1.29, 1.82) is 0 Å². The van der Waals surface area contributed by atoms with E-state index in [-0.39, 0.29) is 22.8 Å². The summed E-state index contributed by atoms with van der Waals surface area (Å²) in [5, 5.41) is 0. The average molecular weight is 261 g/mol. The summed E-state index contributed by atoms with van der Waals surface area (Å²) in [5.74, 6) is 3.97. The second-order valence-electron chi connectivity index (χ2n) is 3.84. The fraction of sp³-hybridized carbons (Fsp3) is 0.0833. The van der Waals surface area contributed by atoms with Crippen LogP contribution in [0, 0.1) is 12.7 Å². The molecular formula is C12H12FN5O. The fourth-order valence-electron chi connectivity index (χ4n) is 1.79. The molecule has 0 unspecified atom stereocenters. The Morgan fingerprint density at radius 1 is 1.32 bits per heavy atom. The molecule has 0 atom stereocenters. The Balaban J connectivity index is 2.75. The molecule has 0 aliphatic carbocycles. The summed E-state index contributed by atoms with van der Waals surface area (Å²) >= 11 is 0. The topological polar surface area (TPSA) is 107 Å². The van der Waals surface area contributed by atoms with Crippen LogP contribution in [0.4, 0.5) is 10.3 Å². The van der Waals surface area contributed by atoms with E-state index in [1.54, 1.807) is 19.1 Å². The number of carbonyl (C=O) groups is 1. The molecular weight excluding hydrogens is 249 g/mol. The third-order valence-electron chi connectivity index (χ3n) is 2.59. The largest absolute Gasteiger partial charge is 0.368 e. The van der Waals surface area contributed by atoms with Gasteiger partial charge in [-0.15, -0.1) is 0 Å². The lowest BCUT2D eigenvalue weighted by atomic mass is 10.0. The molecule has 0 saturated heterocycles. The number of nitrogens with one attached hydrogen (secondary N) is 1. The van der Waals surface area contributed by atoms with E-state index in [0.29, 0.717) is 5.69 Å². The van der Waals surface area contributed by atoms with E-state index in [9.17, 15) is 9.18 Å². The maximum absolute atomic E-state index is 13.8. The van der Waals surface area contributed by atoms with E-state index in [1.807, 2.05) is 5.43 Å². The zero-order valence-electron chi connectivity index (χ0n) is 10.1. The number of carbonyl (C=O) groups excluding carboxylic acids is 1. The first-order valence-electron chi connectivity index (χ1n) is 5.44. The number of nitrogens with two attached hydrogens (primary N) is 2. The van der Waals surface area contributed by atoms with E-state index >= 15 is 0 Å². The summed E-state index contributed by atoms with van der Waals surface area (Å²) in [7, 11) is 0. The van der Waals surface area contributed by atoms with Gasteiger partial charge in [0.05, 0.1) is 17.0 Å². The lowest BCUT2D eigenvalue weighted by molar-refractivity contribution is 0.0953. The number of hydrogen-bond donors (Lipinski definition) is 3. The molecule has 1 aromatic carbocycles. The van der Waals surface area contributed by atoms with Gasteiger partial charge >= 0.3 is 0 Å². The Morgan fingerprint density at radius 3 is 2.63 bits per heavy atom. The highest BCUT2D eigenvalue weighted by Gasteiger charge is 2.20. The first kappa shape index (κ1) is 12.9. The quantitative estimate of drug-likeness (QED) is 0.420. The minimum Gasteiger partial charge on any atom is -0.368 e. The number of anilines is 1. The van der Waals surface area contributed by atoms with Gasteiger partial charge in [0.25, 0.3) is 5.91 Å². The normalized spacial score (nSPS) is 10.3. The molecule has 1 aromatic heterocycles. The number of rotatable bonds is 2. The number of nitrogens with zero attached hydrogens (tertiary/aromatic N) is 2. The van der Waals surface area contributed by atoms with Gasteiger partial charge in [0.15, 0.2) is 0 Å². The highest BCUT2D eigenvalue weighted by molar-refractivity contribution is 6.00. The Labute approximate surface area is 108 Å². The summed E-state index contributed by atoms with van der Waals surface area (Å²) in [6.45, 7) is 1.58. The van der Waals surface area contributed by atoms with Crippen molar-refractivity contribution < 1.29 is 9.18 Å². The Kier molecular flexibility index (Phi) is 3.39. The highest BCUT2D eigenvalue weighted by Crippen LogP contribution is 2.26. The van der Waals surface area contributed by atoms with Crippen molar-refractivity contribution in [3.05, 3.63) is 41.3 Å². The van der Waals surface area contributed by atoms with Crippen LogP contribution in [-0.4, -0.2) is 15.9 Å². The van der Waals surface area contributed by atoms with Crippen LogP contribution in [0.5, 0.6) is 0 Å². The monoisotopic (exact) mass is 261 g/mol. The molecule has 19 heavy (non-hydrogen) atoms. The number of hydrazine groups is 1. The highest BCUT2D eigenvalue weighted by atomic mass is 19.1. The maximum atomic E-state index is 13.8. The Morgan fingerprint density at radius 2 is 2.00 bits per heavy atom. The van der Waals surface area contributed by atoms with Gasteiger partial charge < -0.3 is 5.73 Å². The van der Waals surface area contributed by atoms with Crippen molar-refractivity contribution in [2.45, 2.75) is 6.92 Å². The van der Waals surface area contributed by atoms with Gasteiger partial charge in [0.1, 0.15) is 5.82 Å². The molecule has 6 nitrogen and oxygen atoms in total. The SMILES string of the molecule is Cc1nc(N)nc(-c2ccccc2F)c1C(=O)NN. The predicted molar refractivity (Wildman–Crippen MR) is 68.2 cm³/mol. The van der Waals surface area contributed by atoms with Crippen LogP contribution >= 0.6 is 0 Å². The van der Waals surface area contributed by atoms with Gasteiger partial charge in [-0.05, 0) is 19.1 Å². The summed E-state index contributed by atoms with van der Waals surface area (Å²) in [6, 6.07) is 5.95. The first-order valence-corrected chi connectivity index (χ1v) is 5.44. The Bertz CT molecular complexity index is 644. The molecule has 2 aromatic rings. The third kappa shape index (κ3) is 2.36. The lowest BCUT2D eigenvalue weighted by Gasteiger charge is -2.11. The number of nitrogen functional groups attached to an aromatic ring is 2. The van der Waals surface area contributed by atoms with Gasteiger partial charge in [0.2, 0.25) is 5.95 Å². The van der Waals surface area contributed by atoms with Gasteiger partial charge in [-0.2, -0.15) is 0 Å². The third-order valence-corrected chi connectivity index (χ3v) is 2.59. The first-order chi connectivity index (χ1) is 9.04. The summed E-state index contributed by atoms with van der Waals surface area (Å²) in [5.41, 5.74) is 8.25. The van der Waals surface area contributed by atoms with E-state index < -0.39 is 11.7 Å². The van der Waals surface area contributed by atoms with Crippen LogP contribution in [-0.2, 0) is 0 Å². The van der Waals surface area contributed by atoms with E-state index in [4.69, 9.17) is 11.6 Å². The fourth-order valence-corrected chi connectivity index (χ4v) is 1.79. The molecule has 0 saturated carbocycles. The standard InChI is InChI=1S/C12H12FN5O/c1-6-9(11(19)18-15)10(17-12(14)16-6)7-4-2-3-5-8(7)13/h2-5H,15H2,1H3,(H,18,19)(H2,14,16,17). The van der Waals surface area contributed by atoms with Crippen LogP contribution in [0.1, 0.15) is 16.1 Å². The molecule has 1 heterocycles. The zero-order chi connectivity index (χ0) is 14.0. The minimum absolute atomic E-state index is 0.0377. The molecule has 0 aliphatic heterocycles. The molecule has 5 N–H and O–H groups in total. The number of halogens is 1. The molecule has 0 fully saturated rings.